The molecule has 1 nitrogen and oxygen atoms in total. The van der Waals surface area contributed by atoms with Crippen molar-refractivity contribution in [3.05, 3.63) is 35.4 Å². The fraction of sp³-hybridized carbons (Fsp3) is 0.417. The number of benzene rings is 1. The maximum Gasteiger partial charge on any atom is 0.163 e. The van der Waals surface area contributed by atoms with Gasteiger partial charge in [0.15, 0.2) is 5.78 Å². The first-order valence-electron chi connectivity index (χ1n) is 4.86. The molecule has 0 aromatic heterocycles. The van der Waals surface area contributed by atoms with E-state index in [-0.39, 0.29) is 0 Å². The molecule has 13 heavy (non-hydrogen) atoms. The highest BCUT2D eigenvalue weighted by Crippen LogP contribution is 2.33. The van der Waals surface area contributed by atoms with E-state index in [0.717, 1.165) is 17.5 Å². The van der Waals surface area contributed by atoms with Gasteiger partial charge >= 0.3 is 0 Å². The molecule has 1 saturated carbocycles. The van der Waals surface area contributed by atoms with E-state index in [1.165, 1.54) is 12.8 Å². The zero-order valence-electron chi connectivity index (χ0n) is 7.92. The van der Waals surface area contributed by atoms with Gasteiger partial charge in [0.25, 0.3) is 0 Å². The van der Waals surface area contributed by atoms with Crippen LogP contribution in [0.15, 0.2) is 24.3 Å². The molecule has 1 heteroatoms. The smallest absolute Gasteiger partial charge is 0.163 e. The normalized spacial score (nSPS) is 15.8. The summed E-state index contributed by atoms with van der Waals surface area (Å²) >= 11 is 0. The largest absolute Gasteiger partial charge is 0.294 e. The Morgan fingerprint density at radius 2 is 2.08 bits per heavy atom. The van der Waals surface area contributed by atoms with Crippen LogP contribution in [0.2, 0.25) is 0 Å². The lowest BCUT2D eigenvalue weighted by Gasteiger charge is -2.02. The third kappa shape index (κ3) is 1.97. The fourth-order valence-electron chi connectivity index (χ4n) is 1.58. The molecule has 0 amide bonds. The lowest BCUT2D eigenvalue weighted by molar-refractivity contribution is 0.0975. The average molecular weight is 174 g/mol. The van der Waals surface area contributed by atoms with Crippen LogP contribution < -0.4 is 0 Å². The van der Waals surface area contributed by atoms with Crippen LogP contribution >= 0.6 is 0 Å². The molecule has 0 heterocycles. The Labute approximate surface area is 78.8 Å². The number of hydrogen-bond acceptors (Lipinski definition) is 1. The number of carbonyl (C=O) groups excluding carboxylic acids is 1. The van der Waals surface area contributed by atoms with E-state index < -0.39 is 0 Å². The summed E-state index contributed by atoms with van der Waals surface area (Å²) in [4.78, 5) is 11.7. The molecular formula is C12H14O. The summed E-state index contributed by atoms with van der Waals surface area (Å²) in [7, 11) is 0. The molecule has 0 aliphatic heterocycles. The number of ketones is 1. The second-order valence-electron chi connectivity index (χ2n) is 3.89. The Bertz CT molecular complexity index is 324. The van der Waals surface area contributed by atoms with E-state index in [0.29, 0.717) is 11.7 Å². The molecule has 0 saturated heterocycles. The zero-order chi connectivity index (χ0) is 9.26. The van der Waals surface area contributed by atoms with Gasteiger partial charge in [0.2, 0.25) is 0 Å². The van der Waals surface area contributed by atoms with Crippen molar-refractivity contribution in [3.8, 4) is 0 Å². The summed E-state index contributed by atoms with van der Waals surface area (Å²) in [6.07, 6.45) is 3.25. The number of carbonyl (C=O) groups is 1. The van der Waals surface area contributed by atoms with Crippen LogP contribution in [0.5, 0.6) is 0 Å². The fourth-order valence-corrected chi connectivity index (χ4v) is 1.58. The number of hydrogen-bond donors (Lipinski definition) is 0. The van der Waals surface area contributed by atoms with Crippen LogP contribution in [0.25, 0.3) is 0 Å². The second kappa shape index (κ2) is 3.33. The van der Waals surface area contributed by atoms with Crippen molar-refractivity contribution >= 4 is 5.78 Å². The van der Waals surface area contributed by atoms with Gasteiger partial charge in [0, 0.05) is 12.0 Å². The lowest BCUT2D eigenvalue weighted by Crippen LogP contribution is -2.01. The van der Waals surface area contributed by atoms with E-state index >= 15 is 0 Å². The minimum absolute atomic E-state index is 0.320. The molecule has 1 aliphatic carbocycles. The Hall–Kier alpha value is -1.11. The van der Waals surface area contributed by atoms with Crippen molar-refractivity contribution in [1.82, 2.24) is 0 Å². The van der Waals surface area contributed by atoms with Crippen molar-refractivity contribution in [1.29, 1.82) is 0 Å². The molecule has 1 fully saturated rings. The summed E-state index contributed by atoms with van der Waals surface area (Å²) in [5.41, 5.74) is 2.02. The number of Topliss-reactive ketones (excluding diaryl/α,β-unsaturated/α-hetero) is 1. The van der Waals surface area contributed by atoms with Gasteiger partial charge in [0.05, 0.1) is 0 Å². The third-order valence-electron chi connectivity index (χ3n) is 2.62. The third-order valence-corrected chi connectivity index (χ3v) is 2.62. The van der Waals surface area contributed by atoms with E-state index in [1.807, 2.05) is 31.2 Å². The molecule has 0 spiro atoms. The molecule has 0 radical (unpaired) electrons. The summed E-state index contributed by atoms with van der Waals surface area (Å²) in [5, 5.41) is 0. The van der Waals surface area contributed by atoms with E-state index in [9.17, 15) is 4.79 Å². The Balaban J connectivity index is 2.13. The summed E-state index contributed by atoms with van der Waals surface area (Å²) in [6.45, 7) is 2.00. The first-order chi connectivity index (χ1) is 6.27. The predicted molar refractivity (Wildman–Crippen MR) is 52.9 cm³/mol. The Kier molecular flexibility index (Phi) is 2.17. The first kappa shape index (κ1) is 8.49. The lowest BCUT2D eigenvalue weighted by atomic mass is 10.0. The van der Waals surface area contributed by atoms with Crippen LogP contribution in [0.4, 0.5) is 0 Å². The number of aryl methyl sites for hydroxylation is 1. The van der Waals surface area contributed by atoms with Gasteiger partial charge in [-0.2, -0.15) is 0 Å². The van der Waals surface area contributed by atoms with Gasteiger partial charge in [-0.1, -0.05) is 24.3 Å². The van der Waals surface area contributed by atoms with E-state index in [4.69, 9.17) is 0 Å². The molecule has 0 unspecified atom stereocenters. The molecule has 1 aromatic carbocycles. The van der Waals surface area contributed by atoms with E-state index in [1.54, 1.807) is 0 Å². The van der Waals surface area contributed by atoms with Crippen LogP contribution in [0.1, 0.15) is 35.2 Å². The van der Waals surface area contributed by atoms with Gasteiger partial charge in [-0.25, -0.2) is 0 Å². The van der Waals surface area contributed by atoms with Crippen LogP contribution in [-0.2, 0) is 0 Å². The summed E-state index contributed by atoms with van der Waals surface area (Å²) < 4.78 is 0. The van der Waals surface area contributed by atoms with Crippen molar-refractivity contribution in [2.24, 2.45) is 5.92 Å². The quantitative estimate of drug-likeness (QED) is 0.644. The highest BCUT2D eigenvalue weighted by Gasteiger charge is 2.25. The summed E-state index contributed by atoms with van der Waals surface area (Å²) in [5.74, 6) is 1.01. The first-order valence-corrected chi connectivity index (χ1v) is 4.86. The van der Waals surface area contributed by atoms with Crippen LogP contribution in [0, 0.1) is 12.8 Å². The average Bonchev–Trinajstić information content (AvgIpc) is 2.89. The zero-order valence-corrected chi connectivity index (χ0v) is 7.92. The highest BCUT2D eigenvalue weighted by molar-refractivity contribution is 5.97. The van der Waals surface area contributed by atoms with Crippen LogP contribution in [0.3, 0.4) is 0 Å². The molecule has 68 valence electrons. The van der Waals surface area contributed by atoms with Gasteiger partial charge in [0.1, 0.15) is 0 Å². The molecular weight excluding hydrogens is 160 g/mol. The minimum Gasteiger partial charge on any atom is -0.294 e. The van der Waals surface area contributed by atoms with Crippen molar-refractivity contribution in [2.75, 3.05) is 0 Å². The minimum atomic E-state index is 0.320. The van der Waals surface area contributed by atoms with E-state index in [2.05, 4.69) is 0 Å². The van der Waals surface area contributed by atoms with Crippen molar-refractivity contribution in [3.63, 3.8) is 0 Å². The predicted octanol–water partition coefficient (Wildman–Crippen LogP) is 2.98. The standard InChI is InChI=1S/C12H14O/c1-9-4-2-3-5-11(9)12(13)8-10-6-7-10/h2-5,10H,6-8H2,1H3. The van der Waals surface area contributed by atoms with Gasteiger partial charge in [-0.15, -0.1) is 0 Å². The molecule has 0 atom stereocenters. The van der Waals surface area contributed by atoms with Crippen molar-refractivity contribution in [2.45, 2.75) is 26.2 Å². The topological polar surface area (TPSA) is 17.1 Å². The van der Waals surface area contributed by atoms with Crippen molar-refractivity contribution < 1.29 is 4.79 Å². The monoisotopic (exact) mass is 174 g/mol. The molecule has 0 bridgehead atoms. The molecule has 1 aliphatic rings. The summed E-state index contributed by atoms with van der Waals surface area (Å²) in [6, 6.07) is 7.84. The Morgan fingerprint density at radius 3 is 2.69 bits per heavy atom. The molecule has 1 aromatic rings. The maximum absolute atomic E-state index is 11.7. The molecule has 2 rings (SSSR count). The van der Waals surface area contributed by atoms with Gasteiger partial charge < -0.3 is 0 Å². The second-order valence-corrected chi connectivity index (χ2v) is 3.89. The highest BCUT2D eigenvalue weighted by atomic mass is 16.1. The Morgan fingerprint density at radius 1 is 1.38 bits per heavy atom. The number of rotatable bonds is 3. The maximum atomic E-state index is 11.7. The SMILES string of the molecule is Cc1ccccc1C(=O)CC1CC1. The van der Waals surface area contributed by atoms with Crippen LogP contribution in [-0.4, -0.2) is 5.78 Å². The van der Waals surface area contributed by atoms with Gasteiger partial charge in [-0.05, 0) is 31.2 Å². The van der Waals surface area contributed by atoms with Gasteiger partial charge in [-0.3, -0.25) is 4.79 Å². The molecule has 0 N–H and O–H groups in total.